The monoisotopic (exact) mass is 514 g/mol. The van der Waals surface area contributed by atoms with Gasteiger partial charge in [-0.2, -0.15) is 0 Å². The minimum atomic E-state index is -0.107. The maximum Gasteiger partial charge on any atom is 0.216 e. The van der Waals surface area contributed by atoms with E-state index in [4.69, 9.17) is 9.47 Å². The Morgan fingerprint density at radius 3 is 2.03 bits per heavy atom. The van der Waals surface area contributed by atoms with Gasteiger partial charge in [0.15, 0.2) is 11.5 Å². The van der Waals surface area contributed by atoms with Gasteiger partial charge in [-0.15, -0.1) is 0 Å². The van der Waals surface area contributed by atoms with Gasteiger partial charge in [-0.1, -0.05) is 60.7 Å². The molecule has 0 aromatic heterocycles. The molecule has 0 aliphatic heterocycles. The third kappa shape index (κ3) is 6.57. The maximum absolute atomic E-state index is 11.5. The zero-order valence-electron chi connectivity index (χ0n) is 23.1. The second-order valence-electron chi connectivity index (χ2n) is 10.3. The van der Waals surface area contributed by atoms with Gasteiger partial charge < -0.3 is 20.1 Å². The van der Waals surface area contributed by atoms with Gasteiger partial charge in [-0.05, 0) is 85.9 Å². The highest BCUT2D eigenvalue weighted by Gasteiger charge is 2.33. The molecule has 1 aliphatic carbocycles. The summed E-state index contributed by atoms with van der Waals surface area (Å²) in [7, 11) is 3.40. The Hall–Kier alpha value is -3.31. The molecule has 0 spiro atoms. The van der Waals surface area contributed by atoms with E-state index in [0.717, 1.165) is 56.6 Å². The smallest absolute Gasteiger partial charge is 0.216 e. The van der Waals surface area contributed by atoms with Crippen molar-refractivity contribution < 1.29 is 14.3 Å². The zero-order valence-corrected chi connectivity index (χ0v) is 23.1. The number of benzene rings is 3. The Morgan fingerprint density at radius 1 is 0.868 bits per heavy atom. The molecule has 0 bridgehead atoms. The lowest BCUT2D eigenvalue weighted by atomic mass is 9.68. The minimum Gasteiger partial charge on any atom is -0.493 e. The van der Waals surface area contributed by atoms with E-state index >= 15 is 0 Å². The molecular weight excluding hydrogens is 472 g/mol. The van der Waals surface area contributed by atoms with E-state index in [2.05, 4.69) is 83.4 Å². The van der Waals surface area contributed by atoms with Crippen molar-refractivity contribution in [1.29, 1.82) is 0 Å². The quantitative estimate of drug-likeness (QED) is 0.261. The number of carbonyl (C=O) groups is 1. The highest BCUT2D eigenvalue weighted by molar-refractivity contribution is 5.72. The molecule has 2 N–H and O–H groups in total. The topological polar surface area (TPSA) is 59.6 Å². The molecule has 1 atom stereocenters. The summed E-state index contributed by atoms with van der Waals surface area (Å²) in [5, 5.41) is 6.86. The van der Waals surface area contributed by atoms with E-state index in [9.17, 15) is 4.79 Å². The van der Waals surface area contributed by atoms with Crippen molar-refractivity contribution >= 4 is 5.91 Å². The molecule has 5 heteroatoms. The molecular formula is C33H42N2O3. The van der Waals surface area contributed by atoms with Gasteiger partial charge in [0.1, 0.15) is 0 Å². The Morgan fingerprint density at radius 2 is 1.45 bits per heavy atom. The lowest BCUT2D eigenvalue weighted by molar-refractivity contribution is -0.118. The van der Waals surface area contributed by atoms with Crippen LogP contribution in [0.2, 0.25) is 0 Å². The molecule has 1 aliphatic rings. The van der Waals surface area contributed by atoms with Crippen molar-refractivity contribution in [3.05, 3.63) is 95.1 Å². The molecule has 1 amide bonds. The van der Waals surface area contributed by atoms with E-state index in [1.807, 2.05) is 0 Å². The van der Waals surface area contributed by atoms with Crippen LogP contribution in [-0.4, -0.2) is 33.2 Å². The molecule has 202 valence electrons. The third-order valence-electron chi connectivity index (χ3n) is 7.94. The number of hydrogen-bond donors (Lipinski definition) is 2. The second-order valence-corrected chi connectivity index (χ2v) is 10.3. The van der Waals surface area contributed by atoms with Crippen LogP contribution in [0.1, 0.15) is 73.7 Å². The van der Waals surface area contributed by atoms with Gasteiger partial charge in [0.05, 0.1) is 14.2 Å². The van der Waals surface area contributed by atoms with E-state index in [1.54, 1.807) is 21.1 Å². The largest absolute Gasteiger partial charge is 0.493 e. The summed E-state index contributed by atoms with van der Waals surface area (Å²) < 4.78 is 11.1. The summed E-state index contributed by atoms with van der Waals surface area (Å²) in [6, 6.07) is 26.4. The van der Waals surface area contributed by atoms with Crippen molar-refractivity contribution in [2.75, 3.05) is 27.3 Å². The standard InChI is InChI=1S/C33H42N2O3/c1-25(36)34-21-11-19-33(27-14-6-4-7-15-27,28-16-8-5-9-17-28)20-12-22-35-30-18-10-13-26-23-31(37-2)32(38-3)24-29(26)30/h4-9,14-17,23-24,30,35H,10-13,18-22H2,1-3H3,(H,34,36). The number of rotatable bonds is 13. The van der Waals surface area contributed by atoms with Gasteiger partial charge in [0.25, 0.3) is 0 Å². The summed E-state index contributed by atoms with van der Waals surface area (Å²) in [6.07, 6.45) is 7.35. The van der Waals surface area contributed by atoms with Crippen molar-refractivity contribution in [2.24, 2.45) is 0 Å². The van der Waals surface area contributed by atoms with Crippen molar-refractivity contribution in [3.63, 3.8) is 0 Å². The van der Waals surface area contributed by atoms with Gasteiger partial charge >= 0.3 is 0 Å². The third-order valence-corrected chi connectivity index (χ3v) is 7.94. The molecule has 0 saturated heterocycles. The lowest BCUT2D eigenvalue weighted by Gasteiger charge is -2.36. The first-order valence-corrected chi connectivity index (χ1v) is 13.9. The fourth-order valence-electron chi connectivity index (χ4n) is 6.05. The van der Waals surface area contributed by atoms with Crippen LogP contribution in [-0.2, 0) is 16.6 Å². The van der Waals surface area contributed by atoms with Crippen LogP contribution in [0.15, 0.2) is 72.8 Å². The average Bonchev–Trinajstić information content (AvgIpc) is 2.96. The van der Waals surface area contributed by atoms with Crippen molar-refractivity contribution in [1.82, 2.24) is 10.6 Å². The molecule has 5 nitrogen and oxygen atoms in total. The zero-order chi connectivity index (χ0) is 26.8. The van der Waals surface area contributed by atoms with E-state index < -0.39 is 0 Å². The number of ether oxygens (including phenoxy) is 2. The Bertz CT molecular complexity index is 1120. The lowest BCUT2D eigenvalue weighted by Crippen LogP contribution is -2.32. The Balaban J connectivity index is 1.51. The fourth-order valence-corrected chi connectivity index (χ4v) is 6.05. The van der Waals surface area contributed by atoms with Crippen LogP contribution >= 0.6 is 0 Å². The molecule has 3 aromatic carbocycles. The second kappa shape index (κ2) is 13.5. The van der Waals surface area contributed by atoms with Crippen LogP contribution < -0.4 is 20.1 Å². The summed E-state index contributed by atoms with van der Waals surface area (Å²) in [5.74, 6) is 1.63. The van der Waals surface area contributed by atoms with Crippen LogP contribution in [0.5, 0.6) is 11.5 Å². The fraction of sp³-hybridized carbons (Fsp3) is 0.424. The van der Waals surface area contributed by atoms with Crippen LogP contribution in [0, 0.1) is 0 Å². The first kappa shape index (κ1) is 27.7. The number of amides is 1. The number of methoxy groups -OCH3 is 2. The van der Waals surface area contributed by atoms with Crippen molar-refractivity contribution in [3.8, 4) is 11.5 Å². The summed E-state index contributed by atoms with van der Waals surface area (Å²) in [4.78, 5) is 11.5. The molecule has 0 radical (unpaired) electrons. The number of fused-ring (bicyclic) bond motifs is 1. The summed E-state index contributed by atoms with van der Waals surface area (Å²) in [6.45, 7) is 3.22. The first-order valence-electron chi connectivity index (χ1n) is 13.9. The maximum atomic E-state index is 11.5. The van der Waals surface area contributed by atoms with Crippen molar-refractivity contribution in [2.45, 2.75) is 63.3 Å². The highest BCUT2D eigenvalue weighted by Crippen LogP contribution is 2.41. The van der Waals surface area contributed by atoms with Gasteiger partial charge in [0, 0.05) is 24.9 Å². The number of aryl methyl sites for hydroxylation is 1. The average molecular weight is 515 g/mol. The van der Waals surface area contributed by atoms with Gasteiger partial charge in [0.2, 0.25) is 5.91 Å². The van der Waals surface area contributed by atoms with Gasteiger partial charge in [-0.3, -0.25) is 4.79 Å². The summed E-state index contributed by atoms with van der Waals surface area (Å²) in [5.41, 5.74) is 5.26. The Labute approximate surface area is 228 Å². The molecule has 3 aromatic rings. The normalized spacial score (nSPS) is 15.0. The predicted molar refractivity (Wildman–Crippen MR) is 154 cm³/mol. The number of hydrogen-bond acceptors (Lipinski definition) is 4. The molecule has 0 fully saturated rings. The summed E-state index contributed by atoms with van der Waals surface area (Å²) >= 11 is 0. The van der Waals surface area contributed by atoms with Gasteiger partial charge in [-0.25, -0.2) is 0 Å². The Kier molecular flexibility index (Phi) is 9.83. The molecule has 38 heavy (non-hydrogen) atoms. The van der Waals surface area contributed by atoms with E-state index in [0.29, 0.717) is 12.6 Å². The SMILES string of the molecule is COc1cc2c(cc1OC)C(NCCCC(CCCNC(C)=O)(c1ccccc1)c1ccccc1)CCC2. The first-order chi connectivity index (χ1) is 18.6. The van der Waals surface area contributed by atoms with Crippen LogP contribution in [0.25, 0.3) is 0 Å². The molecule has 1 unspecified atom stereocenters. The van der Waals surface area contributed by atoms with Crippen LogP contribution in [0.3, 0.4) is 0 Å². The molecule has 0 heterocycles. The van der Waals surface area contributed by atoms with E-state index in [1.165, 1.54) is 28.7 Å². The number of carbonyl (C=O) groups excluding carboxylic acids is 1. The van der Waals surface area contributed by atoms with E-state index in [-0.39, 0.29) is 11.3 Å². The van der Waals surface area contributed by atoms with Crippen LogP contribution in [0.4, 0.5) is 0 Å². The predicted octanol–water partition coefficient (Wildman–Crippen LogP) is 6.35. The highest BCUT2D eigenvalue weighted by atomic mass is 16.5. The number of nitrogens with one attached hydrogen (secondary N) is 2. The molecule has 4 rings (SSSR count). The minimum absolute atomic E-state index is 0.0289. The molecule has 0 saturated carbocycles.